The standard InChI is InChI=1S/C27H54N4/c1-17-10-12-27(4,11-5-13-28)26(22(17)16-29)25(20-6-8-23(30)18(2)14-20)21-7-9-24(31)19(3)15-21/h17-26H,5-16,28-31H2,1-4H3. The third-order valence-corrected chi connectivity index (χ3v) is 10.4. The predicted octanol–water partition coefficient (Wildman–Crippen LogP) is 4.50. The molecule has 0 heterocycles. The van der Waals surface area contributed by atoms with Crippen LogP contribution in [0.25, 0.3) is 0 Å². The van der Waals surface area contributed by atoms with E-state index in [2.05, 4.69) is 27.7 Å². The van der Waals surface area contributed by atoms with E-state index in [9.17, 15) is 0 Å². The predicted molar refractivity (Wildman–Crippen MR) is 133 cm³/mol. The highest BCUT2D eigenvalue weighted by Crippen LogP contribution is 2.58. The Balaban J connectivity index is 1.99. The second kappa shape index (κ2) is 10.8. The van der Waals surface area contributed by atoms with Gasteiger partial charge in [0.2, 0.25) is 0 Å². The first-order valence-corrected chi connectivity index (χ1v) is 13.6. The molecule has 0 aromatic rings. The van der Waals surface area contributed by atoms with E-state index >= 15 is 0 Å². The van der Waals surface area contributed by atoms with Crippen LogP contribution >= 0.6 is 0 Å². The average Bonchev–Trinajstić information content (AvgIpc) is 2.74. The van der Waals surface area contributed by atoms with Crippen molar-refractivity contribution >= 4 is 0 Å². The quantitative estimate of drug-likeness (QED) is 0.473. The van der Waals surface area contributed by atoms with Crippen molar-refractivity contribution < 1.29 is 0 Å². The lowest BCUT2D eigenvalue weighted by Gasteiger charge is -2.57. The van der Waals surface area contributed by atoms with Gasteiger partial charge in [0.15, 0.2) is 0 Å². The van der Waals surface area contributed by atoms with Gasteiger partial charge in [-0.15, -0.1) is 0 Å². The Morgan fingerprint density at radius 2 is 1.35 bits per heavy atom. The van der Waals surface area contributed by atoms with Crippen molar-refractivity contribution in [1.29, 1.82) is 0 Å². The summed E-state index contributed by atoms with van der Waals surface area (Å²) in [6.45, 7) is 11.5. The maximum Gasteiger partial charge on any atom is 0.00647 e. The van der Waals surface area contributed by atoms with Gasteiger partial charge in [0, 0.05) is 12.1 Å². The van der Waals surface area contributed by atoms with Crippen LogP contribution in [0.5, 0.6) is 0 Å². The summed E-state index contributed by atoms with van der Waals surface area (Å²) in [6.07, 6.45) is 12.7. The largest absolute Gasteiger partial charge is 0.330 e. The van der Waals surface area contributed by atoms with Gasteiger partial charge in [-0.3, -0.25) is 0 Å². The SMILES string of the molecule is CC1CC(C(C2CCC(N)C(C)C2)C2C(CN)C(C)CCC2(C)CCCN)CCC1N. The lowest BCUT2D eigenvalue weighted by atomic mass is 9.48. The van der Waals surface area contributed by atoms with Crippen molar-refractivity contribution in [3.63, 3.8) is 0 Å². The number of nitrogens with two attached hydrogens (primary N) is 4. The van der Waals surface area contributed by atoms with Gasteiger partial charge in [-0.25, -0.2) is 0 Å². The highest BCUT2D eigenvalue weighted by Gasteiger charge is 2.52. The Morgan fingerprint density at radius 1 is 0.806 bits per heavy atom. The van der Waals surface area contributed by atoms with E-state index in [1.807, 2.05) is 0 Å². The van der Waals surface area contributed by atoms with Crippen LogP contribution in [0.15, 0.2) is 0 Å². The molecule has 3 saturated carbocycles. The third-order valence-electron chi connectivity index (χ3n) is 10.4. The Morgan fingerprint density at radius 3 is 1.81 bits per heavy atom. The molecule has 10 atom stereocenters. The Bertz CT molecular complexity index is 523. The zero-order chi connectivity index (χ0) is 22.8. The number of hydrogen-bond acceptors (Lipinski definition) is 4. The van der Waals surface area contributed by atoms with Crippen LogP contribution in [0.1, 0.15) is 91.9 Å². The first-order valence-electron chi connectivity index (χ1n) is 13.6. The zero-order valence-corrected chi connectivity index (χ0v) is 21.1. The number of hydrogen-bond donors (Lipinski definition) is 4. The fourth-order valence-electron chi connectivity index (χ4n) is 8.33. The monoisotopic (exact) mass is 434 g/mol. The lowest BCUT2D eigenvalue weighted by molar-refractivity contribution is -0.0786. The Hall–Kier alpha value is -0.160. The second-order valence-corrected chi connectivity index (χ2v) is 12.5. The molecule has 3 fully saturated rings. The molecule has 0 amide bonds. The normalized spacial score (nSPS) is 47.8. The van der Waals surface area contributed by atoms with E-state index in [4.69, 9.17) is 22.9 Å². The van der Waals surface area contributed by atoms with Gasteiger partial charge in [0.25, 0.3) is 0 Å². The van der Waals surface area contributed by atoms with E-state index in [0.717, 1.165) is 43.2 Å². The first-order chi connectivity index (χ1) is 14.7. The molecule has 3 aliphatic rings. The molecule has 10 unspecified atom stereocenters. The molecule has 4 nitrogen and oxygen atoms in total. The summed E-state index contributed by atoms with van der Waals surface area (Å²) >= 11 is 0. The summed E-state index contributed by atoms with van der Waals surface area (Å²) in [5, 5.41) is 0. The molecule has 8 N–H and O–H groups in total. The van der Waals surface area contributed by atoms with E-state index in [1.165, 1.54) is 57.8 Å². The molecule has 3 aliphatic carbocycles. The molecule has 0 saturated heterocycles. The van der Waals surface area contributed by atoms with Crippen LogP contribution in [0.3, 0.4) is 0 Å². The Kier molecular flexibility index (Phi) is 8.91. The van der Waals surface area contributed by atoms with Gasteiger partial charge in [0.1, 0.15) is 0 Å². The van der Waals surface area contributed by atoms with E-state index in [0.29, 0.717) is 41.2 Å². The topological polar surface area (TPSA) is 104 Å². The van der Waals surface area contributed by atoms with E-state index in [1.54, 1.807) is 0 Å². The molecule has 31 heavy (non-hydrogen) atoms. The summed E-state index contributed by atoms with van der Waals surface area (Å²) in [5.74, 6) is 5.71. The minimum absolute atomic E-state index is 0.367. The van der Waals surface area contributed by atoms with Crippen molar-refractivity contribution in [3.8, 4) is 0 Å². The van der Waals surface area contributed by atoms with Crippen molar-refractivity contribution in [3.05, 3.63) is 0 Å². The fraction of sp³-hybridized carbons (Fsp3) is 1.00. The highest BCUT2D eigenvalue weighted by molar-refractivity contribution is 5.02. The van der Waals surface area contributed by atoms with Gasteiger partial charge in [0.05, 0.1) is 0 Å². The minimum atomic E-state index is 0.367. The molecule has 0 radical (unpaired) electrons. The lowest BCUT2D eigenvalue weighted by Crippen LogP contribution is -2.53. The molecule has 3 rings (SSSR count). The molecule has 0 aromatic heterocycles. The van der Waals surface area contributed by atoms with Crippen molar-refractivity contribution in [1.82, 2.24) is 0 Å². The molecule has 0 aliphatic heterocycles. The highest BCUT2D eigenvalue weighted by atomic mass is 14.7. The zero-order valence-electron chi connectivity index (χ0n) is 21.1. The molecule has 0 spiro atoms. The minimum Gasteiger partial charge on any atom is -0.330 e. The van der Waals surface area contributed by atoms with Crippen LogP contribution in [-0.4, -0.2) is 25.2 Å². The van der Waals surface area contributed by atoms with Crippen LogP contribution in [0.4, 0.5) is 0 Å². The van der Waals surface area contributed by atoms with Crippen LogP contribution < -0.4 is 22.9 Å². The molecule has 182 valence electrons. The fourth-order valence-corrected chi connectivity index (χ4v) is 8.33. The summed E-state index contributed by atoms with van der Waals surface area (Å²) in [5.41, 5.74) is 25.9. The summed E-state index contributed by atoms with van der Waals surface area (Å²) in [7, 11) is 0. The molecular formula is C27H54N4. The third kappa shape index (κ3) is 5.50. The van der Waals surface area contributed by atoms with Gasteiger partial charge in [-0.05, 0) is 130 Å². The van der Waals surface area contributed by atoms with E-state index < -0.39 is 0 Å². The van der Waals surface area contributed by atoms with Gasteiger partial charge in [-0.1, -0.05) is 27.7 Å². The first kappa shape index (κ1) is 25.5. The van der Waals surface area contributed by atoms with Crippen LogP contribution in [-0.2, 0) is 0 Å². The van der Waals surface area contributed by atoms with E-state index in [-0.39, 0.29) is 0 Å². The van der Waals surface area contributed by atoms with Gasteiger partial charge < -0.3 is 22.9 Å². The van der Waals surface area contributed by atoms with Crippen molar-refractivity contribution in [2.24, 2.45) is 75.7 Å². The molecule has 4 heteroatoms. The summed E-state index contributed by atoms with van der Waals surface area (Å²) < 4.78 is 0. The van der Waals surface area contributed by atoms with Gasteiger partial charge in [-0.2, -0.15) is 0 Å². The summed E-state index contributed by atoms with van der Waals surface area (Å²) in [6, 6.07) is 0.768. The maximum absolute atomic E-state index is 6.56. The molecule has 0 aromatic carbocycles. The van der Waals surface area contributed by atoms with Gasteiger partial charge >= 0.3 is 0 Å². The maximum atomic E-state index is 6.56. The summed E-state index contributed by atoms with van der Waals surface area (Å²) in [4.78, 5) is 0. The molecule has 0 bridgehead atoms. The molecular weight excluding hydrogens is 380 g/mol. The average molecular weight is 435 g/mol. The second-order valence-electron chi connectivity index (χ2n) is 12.5. The smallest absolute Gasteiger partial charge is 0.00647 e. The van der Waals surface area contributed by atoms with Crippen molar-refractivity contribution in [2.45, 2.75) is 104 Å². The number of rotatable bonds is 7. The Labute approximate surface area is 193 Å². The van der Waals surface area contributed by atoms with Crippen molar-refractivity contribution in [2.75, 3.05) is 13.1 Å². The van der Waals surface area contributed by atoms with Crippen LogP contribution in [0, 0.1) is 52.8 Å². The van der Waals surface area contributed by atoms with Crippen LogP contribution in [0.2, 0.25) is 0 Å².